The van der Waals surface area contributed by atoms with Crippen LogP contribution < -0.4 is 9.47 Å². The van der Waals surface area contributed by atoms with Gasteiger partial charge >= 0.3 is 0 Å². The molecule has 3 aliphatic heterocycles. The molecule has 1 saturated carbocycles. The molecule has 2 saturated heterocycles. The number of piperazine rings is 1. The molecule has 2 amide bonds. The third-order valence-electron chi connectivity index (χ3n) is 6.95. The maximum Gasteiger partial charge on any atom is 0.237 e. The van der Waals surface area contributed by atoms with Crippen molar-refractivity contribution < 1.29 is 19.1 Å². The summed E-state index contributed by atoms with van der Waals surface area (Å²) in [7, 11) is 0. The van der Waals surface area contributed by atoms with Gasteiger partial charge in [-0.05, 0) is 30.5 Å². The van der Waals surface area contributed by atoms with Gasteiger partial charge in [-0.15, -0.1) is 0 Å². The number of carbonyl (C=O) groups excluding carboxylic acids is 2. The quantitative estimate of drug-likeness (QED) is 0.724. The van der Waals surface area contributed by atoms with E-state index in [1.165, 1.54) is 12.0 Å². The predicted molar refractivity (Wildman–Crippen MR) is 106 cm³/mol. The van der Waals surface area contributed by atoms with Crippen molar-refractivity contribution in [3.63, 3.8) is 0 Å². The molecule has 1 aromatic carbocycles. The first-order valence-corrected chi connectivity index (χ1v) is 10.8. The van der Waals surface area contributed by atoms with Crippen LogP contribution >= 0.6 is 0 Å². The van der Waals surface area contributed by atoms with Crippen molar-refractivity contribution in [1.29, 1.82) is 0 Å². The van der Waals surface area contributed by atoms with Gasteiger partial charge in [0.15, 0.2) is 11.5 Å². The highest BCUT2D eigenvalue weighted by atomic mass is 16.7. The van der Waals surface area contributed by atoms with Crippen LogP contribution in [0.1, 0.15) is 44.1 Å². The third-order valence-corrected chi connectivity index (χ3v) is 6.95. The Kier molecular flexibility index (Phi) is 4.95. The lowest BCUT2D eigenvalue weighted by molar-refractivity contribution is -0.145. The Morgan fingerprint density at radius 2 is 1.62 bits per heavy atom. The van der Waals surface area contributed by atoms with E-state index in [2.05, 4.69) is 21.9 Å². The minimum absolute atomic E-state index is 0.0275. The van der Waals surface area contributed by atoms with Crippen LogP contribution in [-0.2, 0) is 16.1 Å². The van der Waals surface area contributed by atoms with E-state index in [-0.39, 0.29) is 17.2 Å². The molecule has 0 unspecified atom stereocenters. The second kappa shape index (κ2) is 7.61. The average Bonchev–Trinajstić information content (AvgIpc) is 3.28. The molecule has 7 heteroatoms. The normalized spacial score (nSPS) is 24.6. The third kappa shape index (κ3) is 3.62. The number of ether oxygens (including phenoxy) is 2. The Hall–Kier alpha value is -2.12. The van der Waals surface area contributed by atoms with E-state index in [9.17, 15) is 9.59 Å². The van der Waals surface area contributed by atoms with Crippen molar-refractivity contribution in [1.82, 2.24) is 14.7 Å². The number of carbonyl (C=O) groups is 2. The van der Waals surface area contributed by atoms with Crippen LogP contribution in [0.2, 0.25) is 0 Å². The minimum Gasteiger partial charge on any atom is -0.454 e. The second-order valence-electron chi connectivity index (χ2n) is 8.87. The van der Waals surface area contributed by atoms with E-state index in [4.69, 9.17) is 9.47 Å². The topological polar surface area (TPSA) is 62.3 Å². The molecule has 5 rings (SSSR count). The molecule has 0 aromatic heterocycles. The van der Waals surface area contributed by atoms with Crippen molar-refractivity contribution in [2.24, 2.45) is 5.41 Å². The van der Waals surface area contributed by atoms with E-state index in [0.717, 1.165) is 69.9 Å². The van der Waals surface area contributed by atoms with Crippen LogP contribution in [0.15, 0.2) is 18.2 Å². The summed E-state index contributed by atoms with van der Waals surface area (Å²) in [5.41, 5.74) is 0.836. The monoisotopic (exact) mass is 399 g/mol. The van der Waals surface area contributed by atoms with Crippen molar-refractivity contribution in [3.05, 3.63) is 23.8 Å². The van der Waals surface area contributed by atoms with Gasteiger partial charge in [0.2, 0.25) is 18.6 Å². The lowest BCUT2D eigenvalue weighted by atomic mass is 9.73. The number of hydrogen-bond acceptors (Lipinski definition) is 6. The van der Waals surface area contributed by atoms with E-state index >= 15 is 0 Å². The Balaban J connectivity index is 1.14. The molecule has 1 spiro atoms. The van der Waals surface area contributed by atoms with E-state index < -0.39 is 0 Å². The minimum atomic E-state index is -0.378. The smallest absolute Gasteiger partial charge is 0.237 e. The van der Waals surface area contributed by atoms with Crippen molar-refractivity contribution >= 4 is 11.8 Å². The van der Waals surface area contributed by atoms with Crippen molar-refractivity contribution in [2.75, 3.05) is 39.6 Å². The fraction of sp³-hybridized carbons (Fsp3) is 0.636. The molecule has 1 aliphatic carbocycles. The molecule has 3 heterocycles. The molecule has 7 nitrogen and oxygen atoms in total. The van der Waals surface area contributed by atoms with E-state index in [1.807, 2.05) is 6.07 Å². The first-order chi connectivity index (χ1) is 14.1. The number of rotatable bonds is 4. The fourth-order valence-corrected chi connectivity index (χ4v) is 5.21. The summed E-state index contributed by atoms with van der Waals surface area (Å²) in [6.45, 7) is 5.22. The van der Waals surface area contributed by atoms with Gasteiger partial charge in [0, 0.05) is 39.1 Å². The average molecular weight is 399 g/mol. The van der Waals surface area contributed by atoms with Gasteiger partial charge in [-0.2, -0.15) is 0 Å². The zero-order valence-corrected chi connectivity index (χ0v) is 16.9. The van der Waals surface area contributed by atoms with Crippen LogP contribution in [0.4, 0.5) is 0 Å². The summed E-state index contributed by atoms with van der Waals surface area (Å²) in [4.78, 5) is 31.8. The summed E-state index contributed by atoms with van der Waals surface area (Å²) in [6.07, 6.45) is 5.54. The van der Waals surface area contributed by atoms with Gasteiger partial charge in [-0.1, -0.05) is 25.3 Å². The number of nitrogens with zero attached hydrogens (tertiary/aromatic N) is 3. The first-order valence-electron chi connectivity index (χ1n) is 10.8. The number of hydrogen-bond donors (Lipinski definition) is 0. The molecule has 0 bridgehead atoms. The maximum absolute atomic E-state index is 13.0. The Morgan fingerprint density at radius 1 is 0.897 bits per heavy atom. The van der Waals surface area contributed by atoms with Crippen LogP contribution in [0.5, 0.6) is 11.5 Å². The van der Waals surface area contributed by atoms with Crippen molar-refractivity contribution in [3.8, 4) is 11.5 Å². The van der Waals surface area contributed by atoms with Gasteiger partial charge in [0.1, 0.15) is 0 Å². The number of imide groups is 1. The molecule has 4 aliphatic rings. The first kappa shape index (κ1) is 18.9. The summed E-state index contributed by atoms with van der Waals surface area (Å²) in [6, 6.07) is 6.12. The fourth-order valence-electron chi connectivity index (χ4n) is 5.21. The zero-order chi connectivity index (χ0) is 19.8. The van der Waals surface area contributed by atoms with E-state index in [0.29, 0.717) is 19.9 Å². The molecule has 0 N–H and O–H groups in total. The van der Waals surface area contributed by atoms with Gasteiger partial charge in [-0.25, -0.2) is 0 Å². The molecule has 156 valence electrons. The summed E-state index contributed by atoms with van der Waals surface area (Å²) in [5.74, 6) is 1.75. The number of fused-ring (bicyclic) bond motifs is 1. The lowest BCUT2D eigenvalue weighted by Gasteiger charge is -2.37. The number of amides is 2. The van der Waals surface area contributed by atoms with E-state index in [1.54, 1.807) is 4.90 Å². The standard InChI is InChI=1S/C22H29N3O4/c26-20-13-22(6-2-1-3-7-22)21(27)25(20)15-24-10-8-23(9-11-24)14-17-4-5-18-19(12-17)29-16-28-18/h4-5,12H,1-3,6-11,13-16H2. The second-order valence-corrected chi connectivity index (χ2v) is 8.87. The number of likely N-dealkylation sites (tertiary alicyclic amines) is 1. The molecule has 0 radical (unpaired) electrons. The maximum atomic E-state index is 13.0. The van der Waals surface area contributed by atoms with Crippen LogP contribution in [0.25, 0.3) is 0 Å². The Morgan fingerprint density at radius 3 is 2.41 bits per heavy atom. The highest BCUT2D eigenvalue weighted by molar-refractivity contribution is 6.05. The van der Waals surface area contributed by atoms with Gasteiger partial charge in [-0.3, -0.25) is 24.3 Å². The van der Waals surface area contributed by atoms with Crippen LogP contribution in [0.3, 0.4) is 0 Å². The number of benzene rings is 1. The van der Waals surface area contributed by atoms with Crippen LogP contribution in [0, 0.1) is 5.41 Å². The summed E-state index contributed by atoms with van der Waals surface area (Å²) >= 11 is 0. The predicted octanol–water partition coefficient (Wildman–Crippen LogP) is 2.20. The molecule has 0 atom stereocenters. The summed E-state index contributed by atoms with van der Waals surface area (Å²) < 4.78 is 10.8. The van der Waals surface area contributed by atoms with Gasteiger partial charge in [0.25, 0.3) is 0 Å². The molecule has 3 fully saturated rings. The highest BCUT2D eigenvalue weighted by Crippen LogP contribution is 2.45. The Bertz CT molecular complexity index is 797. The van der Waals surface area contributed by atoms with Gasteiger partial charge < -0.3 is 9.47 Å². The largest absolute Gasteiger partial charge is 0.454 e. The molecule has 29 heavy (non-hydrogen) atoms. The molecular formula is C22H29N3O4. The molecule has 1 aromatic rings. The lowest BCUT2D eigenvalue weighted by Crippen LogP contribution is -2.51. The van der Waals surface area contributed by atoms with Crippen LogP contribution in [-0.4, -0.2) is 66.2 Å². The Labute approximate surface area is 171 Å². The SMILES string of the molecule is O=C1CC2(CCCCC2)C(=O)N1CN1CCN(Cc2ccc3c(c2)OCO3)CC1. The van der Waals surface area contributed by atoms with Gasteiger partial charge in [0.05, 0.1) is 12.1 Å². The molecular weight excluding hydrogens is 370 g/mol. The highest BCUT2D eigenvalue weighted by Gasteiger charge is 2.51. The summed E-state index contributed by atoms with van der Waals surface area (Å²) in [5, 5.41) is 0. The van der Waals surface area contributed by atoms with Crippen molar-refractivity contribution in [2.45, 2.75) is 45.1 Å². The zero-order valence-electron chi connectivity index (χ0n) is 16.9.